The third-order valence-electron chi connectivity index (χ3n) is 3.96. The summed E-state index contributed by atoms with van der Waals surface area (Å²) in [5.41, 5.74) is 0.899. The molecule has 1 aliphatic heterocycles. The van der Waals surface area contributed by atoms with Crippen LogP contribution in [0.3, 0.4) is 0 Å². The second kappa shape index (κ2) is 9.75. The first-order valence-electron chi connectivity index (χ1n) is 8.70. The number of ether oxygens (including phenoxy) is 5. The number of benzene rings is 1. The van der Waals surface area contributed by atoms with Crippen molar-refractivity contribution in [2.45, 2.75) is 64.3 Å². The topological polar surface area (TPSA) is 97.4 Å². The SMILES string of the molecule is CC(=O)O[C@H]1[C@H](OC(C)=O)[C@H](Oc2ccc(CCl)cc2)O[C@@H](C)[C@H]1OC(C)=O. The monoisotopic (exact) mass is 414 g/mol. The Morgan fingerprint density at radius 1 is 0.893 bits per heavy atom. The van der Waals surface area contributed by atoms with Crippen LogP contribution in [0.4, 0.5) is 0 Å². The third kappa shape index (κ3) is 5.84. The van der Waals surface area contributed by atoms with Gasteiger partial charge in [-0.25, -0.2) is 0 Å². The van der Waals surface area contributed by atoms with Crippen LogP contribution in [-0.2, 0) is 39.2 Å². The summed E-state index contributed by atoms with van der Waals surface area (Å²) in [5, 5.41) is 0. The molecule has 0 N–H and O–H groups in total. The Morgan fingerprint density at radius 2 is 1.39 bits per heavy atom. The first-order chi connectivity index (χ1) is 13.2. The van der Waals surface area contributed by atoms with E-state index in [1.165, 1.54) is 20.8 Å². The molecular weight excluding hydrogens is 392 g/mol. The number of rotatable bonds is 6. The van der Waals surface area contributed by atoms with Crippen LogP contribution in [0.5, 0.6) is 5.75 Å². The third-order valence-corrected chi connectivity index (χ3v) is 4.27. The van der Waals surface area contributed by atoms with Crippen LogP contribution in [-0.4, -0.2) is 48.6 Å². The van der Waals surface area contributed by atoms with Gasteiger partial charge in [-0.15, -0.1) is 11.6 Å². The Kier molecular flexibility index (Phi) is 7.65. The zero-order chi connectivity index (χ0) is 20.8. The molecule has 1 heterocycles. The van der Waals surface area contributed by atoms with Crippen LogP contribution in [0.2, 0.25) is 0 Å². The molecule has 1 aromatic rings. The summed E-state index contributed by atoms with van der Waals surface area (Å²) >= 11 is 5.78. The van der Waals surface area contributed by atoms with Crippen LogP contribution in [0.25, 0.3) is 0 Å². The quantitative estimate of drug-likeness (QED) is 0.397. The van der Waals surface area contributed by atoms with Gasteiger partial charge >= 0.3 is 17.9 Å². The van der Waals surface area contributed by atoms with E-state index in [1.807, 2.05) is 0 Å². The van der Waals surface area contributed by atoms with Crippen molar-refractivity contribution >= 4 is 29.5 Å². The maximum Gasteiger partial charge on any atom is 0.303 e. The maximum absolute atomic E-state index is 11.6. The van der Waals surface area contributed by atoms with E-state index in [2.05, 4.69) is 0 Å². The van der Waals surface area contributed by atoms with E-state index in [4.69, 9.17) is 35.3 Å². The van der Waals surface area contributed by atoms with Crippen LogP contribution in [0.1, 0.15) is 33.3 Å². The molecule has 8 nitrogen and oxygen atoms in total. The average Bonchev–Trinajstić information content (AvgIpc) is 2.61. The van der Waals surface area contributed by atoms with Crippen molar-refractivity contribution in [1.29, 1.82) is 0 Å². The summed E-state index contributed by atoms with van der Waals surface area (Å²) < 4.78 is 27.5. The van der Waals surface area contributed by atoms with Gasteiger partial charge in [0.1, 0.15) is 5.75 Å². The van der Waals surface area contributed by atoms with Crippen molar-refractivity contribution in [2.75, 3.05) is 0 Å². The van der Waals surface area contributed by atoms with E-state index >= 15 is 0 Å². The number of halogens is 1. The van der Waals surface area contributed by atoms with Crippen LogP contribution < -0.4 is 4.74 Å². The highest BCUT2D eigenvalue weighted by molar-refractivity contribution is 6.17. The lowest BCUT2D eigenvalue weighted by molar-refractivity contribution is -0.280. The first-order valence-corrected chi connectivity index (χ1v) is 9.23. The molecule has 0 aliphatic carbocycles. The summed E-state index contributed by atoms with van der Waals surface area (Å²) in [6, 6.07) is 6.94. The van der Waals surface area contributed by atoms with Crippen LogP contribution in [0.15, 0.2) is 24.3 Å². The lowest BCUT2D eigenvalue weighted by Crippen LogP contribution is -2.62. The smallest absolute Gasteiger partial charge is 0.303 e. The van der Waals surface area contributed by atoms with E-state index in [1.54, 1.807) is 31.2 Å². The fourth-order valence-corrected chi connectivity index (χ4v) is 3.03. The molecule has 0 spiro atoms. The molecule has 0 unspecified atom stereocenters. The van der Waals surface area contributed by atoms with Gasteiger partial charge in [-0.1, -0.05) is 12.1 Å². The second-order valence-electron chi connectivity index (χ2n) is 6.33. The maximum atomic E-state index is 11.6. The fraction of sp³-hybridized carbons (Fsp3) is 0.526. The highest BCUT2D eigenvalue weighted by atomic mass is 35.5. The van der Waals surface area contributed by atoms with Gasteiger partial charge in [0.05, 0.1) is 6.10 Å². The van der Waals surface area contributed by atoms with Gasteiger partial charge in [-0.3, -0.25) is 14.4 Å². The molecule has 1 aliphatic rings. The molecular formula is C19H23ClO8. The van der Waals surface area contributed by atoms with Crippen molar-refractivity contribution in [2.24, 2.45) is 0 Å². The van der Waals surface area contributed by atoms with Crippen molar-refractivity contribution < 1.29 is 38.1 Å². The first kappa shape index (κ1) is 22.0. The summed E-state index contributed by atoms with van der Waals surface area (Å²) in [7, 11) is 0. The number of alkyl halides is 1. The zero-order valence-electron chi connectivity index (χ0n) is 16.0. The molecule has 154 valence electrons. The number of carbonyl (C=O) groups is 3. The molecule has 0 radical (unpaired) electrons. The number of hydrogen-bond acceptors (Lipinski definition) is 8. The molecule has 5 atom stereocenters. The standard InChI is InChI=1S/C19H23ClO8/c1-10-16(25-11(2)21)17(26-12(3)22)18(27-13(4)23)19(24-10)28-15-7-5-14(9-20)6-8-15/h5-8,10,16-19H,9H2,1-4H3/t10-,16+,17+,18-,19-/m0/s1. The lowest BCUT2D eigenvalue weighted by atomic mass is 9.99. The minimum absolute atomic E-state index is 0.353. The van der Waals surface area contributed by atoms with Crippen molar-refractivity contribution in [3.05, 3.63) is 29.8 Å². The van der Waals surface area contributed by atoms with Crippen molar-refractivity contribution in [3.8, 4) is 5.75 Å². The Hall–Kier alpha value is -2.32. The van der Waals surface area contributed by atoms with E-state index in [0.29, 0.717) is 11.6 Å². The summed E-state index contributed by atoms with van der Waals surface area (Å²) in [6.45, 7) is 5.27. The molecule has 0 amide bonds. The zero-order valence-corrected chi connectivity index (χ0v) is 16.8. The van der Waals surface area contributed by atoms with Crippen molar-refractivity contribution in [3.63, 3.8) is 0 Å². The van der Waals surface area contributed by atoms with Crippen molar-refractivity contribution in [1.82, 2.24) is 0 Å². The Morgan fingerprint density at radius 3 is 1.89 bits per heavy atom. The minimum atomic E-state index is -1.14. The van der Waals surface area contributed by atoms with E-state index < -0.39 is 48.6 Å². The van der Waals surface area contributed by atoms with E-state index in [9.17, 15) is 14.4 Å². The lowest BCUT2D eigenvalue weighted by Gasteiger charge is -2.43. The Labute approximate surface area is 168 Å². The molecule has 1 saturated heterocycles. The van der Waals surface area contributed by atoms with Gasteiger partial charge in [0.15, 0.2) is 12.2 Å². The Balaban J connectivity index is 2.32. The average molecular weight is 415 g/mol. The summed E-state index contributed by atoms with van der Waals surface area (Å²) in [5.74, 6) is -1.05. The summed E-state index contributed by atoms with van der Waals surface area (Å²) in [4.78, 5) is 34.7. The van der Waals surface area contributed by atoms with Gasteiger partial charge in [-0.05, 0) is 24.6 Å². The fourth-order valence-electron chi connectivity index (χ4n) is 2.86. The predicted octanol–water partition coefficient (Wildman–Crippen LogP) is 2.34. The van der Waals surface area contributed by atoms with Gasteiger partial charge in [-0.2, -0.15) is 0 Å². The predicted molar refractivity (Wildman–Crippen MR) is 97.6 cm³/mol. The largest absolute Gasteiger partial charge is 0.461 e. The molecule has 1 fully saturated rings. The normalized spacial score (nSPS) is 26.8. The van der Waals surface area contributed by atoms with E-state index in [-0.39, 0.29) is 0 Å². The molecule has 0 saturated carbocycles. The summed E-state index contributed by atoms with van der Waals surface area (Å²) in [6.07, 6.45) is -4.98. The Bertz CT molecular complexity index is 704. The molecule has 0 aromatic heterocycles. The molecule has 9 heteroatoms. The molecule has 1 aromatic carbocycles. The number of esters is 3. The van der Waals surface area contributed by atoms with Crippen LogP contribution >= 0.6 is 11.6 Å². The number of hydrogen-bond donors (Lipinski definition) is 0. The number of carbonyl (C=O) groups excluding carboxylic acids is 3. The second-order valence-corrected chi connectivity index (χ2v) is 6.59. The van der Waals surface area contributed by atoms with E-state index in [0.717, 1.165) is 5.56 Å². The van der Waals surface area contributed by atoms with Crippen LogP contribution in [0, 0.1) is 0 Å². The minimum Gasteiger partial charge on any atom is -0.461 e. The highest BCUT2D eigenvalue weighted by Gasteiger charge is 2.51. The molecule has 2 rings (SSSR count). The molecule has 28 heavy (non-hydrogen) atoms. The molecule has 0 bridgehead atoms. The van der Waals surface area contributed by atoms with Gasteiger partial charge in [0, 0.05) is 26.7 Å². The highest BCUT2D eigenvalue weighted by Crippen LogP contribution is 2.30. The van der Waals surface area contributed by atoms with Gasteiger partial charge in [0.25, 0.3) is 0 Å². The van der Waals surface area contributed by atoms with Gasteiger partial charge < -0.3 is 23.7 Å². The van der Waals surface area contributed by atoms with Gasteiger partial charge in [0.2, 0.25) is 12.4 Å².